The van der Waals surface area contributed by atoms with Gasteiger partial charge in [0.15, 0.2) is 0 Å². The van der Waals surface area contributed by atoms with Crippen molar-refractivity contribution in [3.8, 4) is 11.5 Å². The molecule has 4 nitrogen and oxygen atoms in total. The van der Waals surface area contributed by atoms with Crippen molar-refractivity contribution >= 4 is 98.8 Å². The molecule has 0 unspecified atom stereocenters. The fourth-order valence-corrected chi connectivity index (χ4v) is 8.95. The van der Waals surface area contributed by atoms with E-state index in [4.69, 9.17) is 9.47 Å². The molecule has 0 aromatic heterocycles. The van der Waals surface area contributed by atoms with E-state index in [1.807, 2.05) is 12.1 Å². The Morgan fingerprint density at radius 3 is 1.04 bits per heavy atom. The molecule has 0 bridgehead atoms. The predicted molar refractivity (Wildman–Crippen MR) is 236 cm³/mol. The van der Waals surface area contributed by atoms with E-state index in [1.54, 1.807) is 14.2 Å². The molecule has 0 spiro atoms. The quantitative estimate of drug-likeness (QED) is 0.146. The molecule has 0 aliphatic heterocycles. The van der Waals surface area contributed by atoms with Crippen LogP contribution < -0.4 is 19.3 Å². The highest BCUT2D eigenvalue weighted by Gasteiger charge is 2.23. The molecule has 266 valence electrons. The lowest BCUT2D eigenvalue weighted by Gasteiger charge is -2.31. The second-order valence-corrected chi connectivity index (χ2v) is 14.5. The van der Waals surface area contributed by atoms with E-state index >= 15 is 0 Å². The monoisotopic (exact) mass is 720 g/mol. The normalized spacial score (nSPS) is 11.8. The molecule has 0 saturated heterocycles. The van der Waals surface area contributed by atoms with Gasteiger partial charge in [-0.2, -0.15) is 0 Å². The number of benzene rings is 11. The molecule has 0 aliphatic carbocycles. The van der Waals surface area contributed by atoms with Crippen molar-refractivity contribution in [3.05, 3.63) is 182 Å². The molecule has 0 amide bonds. The van der Waals surface area contributed by atoms with Crippen molar-refractivity contribution in [3.63, 3.8) is 0 Å². The van der Waals surface area contributed by atoms with E-state index in [1.165, 1.54) is 64.6 Å². The van der Waals surface area contributed by atoms with Crippen molar-refractivity contribution in [2.24, 2.45) is 0 Å². The first kappa shape index (κ1) is 32.2. The summed E-state index contributed by atoms with van der Waals surface area (Å²) in [5, 5.41) is 14.9. The summed E-state index contributed by atoms with van der Waals surface area (Å²) in [5.74, 6) is 1.60. The minimum absolute atomic E-state index is 0.799. The van der Waals surface area contributed by atoms with Crippen LogP contribution in [0.25, 0.3) is 64.6 Å². The number of anilines is 6. The topological polar surface area (TPSA) is 24.9 Å². The Kier molecular flexibility index (Phi) is 7.26. The average molecular weight is 721 g/mol. The Morgan fingerprint density at radius 1 is 0.304 bits per heavy atom. The van der Waals surface area contributed by atoms with Gasteiger partial charge in [-0.25, -0.2) is 0 Å². The zero-order valence-corrected chi connectivity index (χ0v) is 31.0. The smallest absolute Gasteiger partial charge is 0.120 e. The maximum atomic E-state index is 5.80. The first-order chi connectivity index (χ1) is 27.7. The Bertz CT molecular complexity index is 3010. The summed E-state index contributed by atoms with van der Waals surface area (Å²) in [5.41, 5.74) is 6.25. The van der Waals surface area contributed by atoms with Crippen LogP contribution in [-0.2, 0) is 0 Å². The number of methoxy groups -OCH3 is 2. The molecular weight excluding hydrogens is 685 g/mol. The second kappa shape index (κ2) is 12.6. The molecule has 0 saturated carbocycles. The number of rotatable bonds is 8. The molecule has 0 heterocycles. The molecular formula is C52H36N2O2. The van der Waals surface area contributed by atoms with Crippen LogP contribution >= 0.6 is 0 Å². The van der Waals surface area contributed by atoms with E-state index in [0.717, 1.165) is 45.6 Å². The summed E-state index contributed by atoms with van der Waals surface area (Å²) in [6.07, 6.45) is 0. The predicted octanol–water partition coefficient (Wildman–Crippen LogP) is 14.4. The highest BCUT2D eigenvalue weighted by molar-refractivity contribution is 6.27. The number of hydrogen-bond donors (Lipinski definition) is 0. The minimum atomic E-state index is 0.799. The molecule has 11 aromatic carbocycles. The Morgan fingerprint density at radius 2 is 0.625 bits per heavy atom. The number of hydrogen-bond acceptors (Lipinski definition) is 4. The lowest BCUT2D eigenvalue weighted by Crippen LogP contribution is -2.14. The van der Waals surface area contributed by atoms with Crippen LogP contribution in [0.5, 0.6) is 11.5 Å². The van der Waals surface area contributed by atoms with E-state index in [9.17, 15) is 0 Å². The summed E-state index contributed by atoms with van der Waals surface area (Å²) >= 11 is 0. The van der Waals surface area contributed by atoms with Gasteiger partial charge >= 0.3 is 0 Å². The fourth-order valence-electron chi connectivity index (χ4n) is 8.95. The van der Waals surface area contributed by atoms with Gasteiger partial charge in [0.05, 0.1) is 25.6 Å². The van der Waals surface area contributed by atoms with Gasteiger partial charge in [-0.05, 0) is 108 Å². The van der Waals surface area contributed by atoms with Crippen LogP contribution in [-0.4, -0.2) is 14.2 Å². The Hall–Kier alpha value is -7.30. The molecule has 0 N–H and O–H groups in total. The van der Waals surface area contributed by atoms with E-state index in [0.29, 0.717) is 0 Å². The third-order valence-corrected chi connectivity index (χ3v) is 11.5. The maximum Gasteiger partial charge on any atom is 0.120 e. The van der Waals surface area contributed by atoms with Gasteiger partial charge < -0.3 is 19.3 Å². The third-order valence-electron chi connectivity index (χ3n) is 11.5. The molecule has 4 heteroatoms. The third kappa shape index (κ3) is 4.93. The Balaban J connectivity index is 1.17. The van der Waals surface area contributed by atoms with Crippen molar-refractivity contribution < 1.29 is 9.47 Å². The Labute approximate surface area is 324 Å². The molecule has 0 fully saturated rings. The van der Waals surface area contributed by atoms with Crippen LogP contribution in [0.2, 0.25) is 0 Å². The molecule has 56 heavy (non-hydrogen) atoms. The van der Waals surface area contributed by atoms with Gasteiger partial charge in [0, 0.05) is 45.7 Å². The first-order valence-corrected chi connectivity index (χ1v) is 19.0. The van der Waals surface area contributed by atoms with Gasteiger partial charge in [0.25, 0.3) is 0 Å². The summed E-state index contributed by atoms with van der Waals surface area (Å²) in [6.45, 7) is 0. The molecule has 11 rings (SSSR count). The van der Waals surface area contributed by atoms with Gasteiger partial charge in [0.1, 0.15) is 11.5 Å². The van der Waals surface area contributed by atoms with Gasteiger partial charge in [0.2, 0.25) is 0 Å². The van der Waals surface area contributed by atoms with Crippen molar-refractivity contribution in [1.82, 2.24) is 0 Å². The van der Waals surface area contributed by atoms with E-state index in [-0.39, 0.29) is 0 Å². The largest absolute Gasteiger partial charge is 0.497 e. The van der Waals surface area contributed by atoms with Crippen LogP contribution in [0.1, 0.15) is 0 Å². The van der Waals surface area contributed by atoms with Crippen LogP contribution in [0.3, 0.4) is 0 Å². The van der Waals surface area contributed by atoms with Gasteiger partial charge in [-0.3, -0.25) is 0 Å². The fraction of sp³-hybridized carbons (Fsp3) is 0.0385. The van der Waals surface area contributed by atoms with Gasteiger partial charge in [-0.1, -0.05) is 115 Å². The van der Waals surface area contributed by atoms with E-state index < -0.39 is 0 Å². The lowest BCUT2D eigenvalue weighted by atomic mass is 9.93. The van der Waals surface area contributed by atoms with Crippen molar-refractivity contribution in [2.45, 2.75) is 0 Å². The zero-order chi connectivity index (χ0) is 37.3. The standard InChI is InChI=1S/C52H36N2O2/c1-55-43-16-6-14-41(31-43)53(47-28-24-37-20-18-33-8-3-10-35-22-26-45(47)51(37)49(33)35)39-12-5-13-40(30-39)54(42-15-7-17-44(32-42)56-2)48-29-25-38-21-19-34-9-4-11-36-23-27-46(48)52(38)50(34)36/h3-32H,1-2H3. The van der Waals surface area contributed by atoms with Crippen LogP contribution in [0, 0.1) is 0 Å². The summed E-state index contributed by atoms with van der Waals surface area (Å²) in [7, 11) is 3.45. The summed E-state index contributed by atoms with van der Waals surface area (Å²) < 4.78 is 11.6. The zero-order valence-electron chi connectivity index (χ0n) is 31.0. The molecule has 11 aromatic rings. The highest BCUT2D eigenvalue weighted by Crippen LogP contribution is 2.48. The molecule has 0 atom stereocenters. The number of ether oxygens (including phenoxy) is 2. The molecule has 0 aliphatic rings. The summed E-state index contributed by atoms with van der Waals surface area (Å²) in [4.78, 5) is 4.73. The highest BCUT2D eigenvalue weighted by atomic mass is 16.5. The van der Waals surface area contributed by atoms with E-state index in [2.05, 4.69) is 180 Å². The number of nitrogens with zero attached hydrogens (tertiary/aromatic N) is 2. The van der Waals surface area contributed by atoms with Gasteiger partial charge in [-0.15, -0.1) is 0 Å². The van der Waals surface area contributed by atoms with Crippen molar-refractivity contribution in [2.75, 3.05) is 24.0 Å². The SMILES string of the molecule is COc1cccc(N(c2cccc(N(c3cccc(OC)c3)c3ccc4ccc5cccc6ccc3c4c56)c2)c2ccc3ccc4cccc5ccc2c3c45)c1. The summed E-state index contributed by atoms with van der Waals surface area (Å²) in [6, 6.07) is 65.8. The average Bonchev–Trinajstić information content (AvgIpc) is 3.26. The van der Waals surface area contributed by atoms with Crippen LogP contribution in [0.15, 0.2) is 182 Å². The first-order valence-electron chi connectivity index (χ1n) is 19.0. The minimum Gasteiger partial charge on any atom is -0.497 e. The second-order valence-electron chi connectivity index (χ2n) is 14.5. The molecule has 0 radical (unpaired) electrons. The van der Waals surface area contributed by atoms with Crippen molar-refractivity contribution in [1.29, 1.82) is 0 Å². The van der Waals surface area contributed by atoms with Crippen LogP contribution in [0.4, 0.5) is 34.1 Å². The lowest BCUT2D eigenvalue weighted by molar-refractivity contribution is 0.415. The maximum absolute atomic E-state index is 5.80.